The van der Waals surface area contributed by atoms with E-state index in [1.165, 1.54) is 0 Å². The van der Waals surface area contributed by atoms with Crippen molar-refractivity contribution >= 4 is 0 Å². The van der Waals surface area contributed by atoms with Gasteiger partial charge in [-0.05, 0) is 12.8 Å². The molecule has 74 valence electrons. The van der Waals surface area contributed by atoms with Crippen LogP contribution in [0.5, 0.6) is 0 Å². The summed E-state index contributed by atoms with van der Waals surface area (Å²) in [6, 6.07) is 0. The largest absolute Gasteiger partial charge is 0.385 e. The predicted octanol–water partition coefficient (Wildman–Crippen LogP) is 0.163. The molecule has 0 aromatic carbocycles. The third-order valence-corrected chi connectivity index (χ3v) is 1.75. The first-order valence-electron chi connectivity index (χ1n) is 4.44. The van der Waals surface area contributed by atoms with E-state index in [1.54, 1.807) is 13.4 Å². The van der Waals surface area contributed by atoms with Crippen molar-refractivity contribution in [2.24, 2.45) is 5.73 Å². The Morgan fingerprint density at radius 3 is 3.00 bits per heavy atom. The number of nitrogens with zero attached hydrogens (tertiary/aromatic N) is 3. The zero-order valence-corrected chi connectivity index (χ0v) is 7.94. The second-order valence-corrected chi connectivity index (χ2v) is 2.83. The lowest BCUT2D eigenvalue weighted by atomic mass is 10.3. The first-order valence-corrected chi connectivity index (χ1v) is 4.44. The summed E-state index contributed by atoms with van der Waals surface area (Å²) in [5.74, 6) is 0.701. The summed E-state index contributed by atoms with van der Waals surface area (Å²) in [4.78, 5) is 4.03. The number of aromatic nitrogens is 3. The van der Waals surface area contributed by atoms with Gasteiger partial charge in [0.25, 0.3) is 0 Å². The topological polar surface area (TPSA) is 66.0 Å². The average Bonchev–Trinajstić information content (AvgIpc) is 2.60. The van der Waals surface area contributed by atoms with Crippen LogP contribution in [0.15, 0.2) is 6.33 Å². The number of nitrogens with two attached hydrogens (primary N) is 1. The maximum Gasteiger partial charge on any atom is 0.164 e. The molecule has 0 aliphatic carbocycles. The fraction of sp³-hybridized carbons (Fsp3) is 0.750. The first-order chi connectivity index (χ1) is 6.36. The molecule has 5 heteroatoms. The lowest BCUT2D eigenvalue weighted by Crippen LogP contribution is -2.03. The monoisotopic (exact) mass is 184 g/mol. The number of hydrogen-bond donors (Lipinski definition) is 1. The van der Waals surface area contributed by atoms with Crippen LogP contribution in [-0.2, 0) is 17.8 Å². The highest BCUT2D eigenvalue weighted by Crippen LogP contribution is 1.95. The molecule has 0 aliphatic rings. The molecular formula is C8H16N4O. The van der Waals surface area contributed by atoms with Crippen LogP contribution in [0.1, 0.15) is 18.7 Å². The number of hydrogen-bond acceptors (Lipinski definition) is 4. The standard InChI is InChI=1S/C8H16N4O/c1-13-5-3-2-4-12-7-10-8(6-9)11-12/h7H,2-6,9H2,1H3. The molecule has 13 heavy (non-hydrogen) atoms. The Kier molecular flexibility index (Phi) is 4.42. The molecular weight excluding hydrogens is 168 g/mol. The lowest BCUT2D eigenvalue weighted by Gasteiger charge is -1.99. The summed E-state index contributed by atoms with van der Waals surface area (Å²) in [7, 11) is 1.71. The van der Waals surface area contributed by atoms with E-state index in [9.17, 15) is 0 Å². The van der Waals surface area contributed by atoms with Crippen LogP contribution in [0.4, 0.5) is 0 Å². The Balaban J connectivity index is 2.20. The maximum absolute atomic E-state index is 5.38. The van der Waals surface area contributed by atoms with Crippen LogP contribution in [0.3, 0.4) is 0 Å². The number of methoxy groups -OCH3 is 1. The third-order valence-electron chi connectivity index (χ3n) is 1.75. The minimum atomic E-state index is 0.408. The van der Waals surface area contributed by atoms with E-state index in [1.807, 2.05) is 4.68 Å². The summed E-state index contributed by atoms with van der Waals surface area (Å²) >= 11 is 0. The molecule has 1 aromatic heterocycles. The van der Waals surface area contributed by atoms with Crippen molar-refractivity contribution in [3.05, 3.63) is 12.2 Å². The minimum absolute atomic E-state index is 0.408. The van der Waals surface area contributed by atoms with Gasteiger partial charge in [0, 0.05) is 20.3 Å². The van der Waals surface area contributed by atoms with Crippen molar-refractivity contribution in [2.75, 3.05) is 13.7 Å². The Morgan fingerprint density at radius 2 is 2.38 bits per heavy atom. The lowest BCUT2D eigenvalue weighted by molar-refractivity contribution is 0.191. The van der Waals surface area contributed by atoms with Gasteiger partial charge in [-0.25, -0.2) is 4.98 Å². The van der Waals surface area contributed by atoms with Gasteiger partial charge in [-0.2, -0.15) is 5.10 Å². The SMILES string of the molecule is COCCCCn1cnc(CN)n1. The molecule has 0 amide bonds. The molecule has 0 atom stereocenters. The van der Waals surface area contributed by atoms with Crippen LogP contribution in [0.25, 0.3) is 0 Å². The molecule has 0 aliphatic heterocycles. The quantitative estimate of drug-likeness (QED) is 0.640. The fourth-order valence-corrected chi connectivity index (χ4v) is 1.05. The second kappa shape index (κ2) is 5.66. The van der Waals surface area contributed by atoms with E-state index in [2.05, 4.69) is 10.1 Å². The number of unbranched alkanes of at least 4 members (excludes halogenated alkanes) is 1. The van der Waals surface area contributed by atoms with E-state index in [0.29, 0.717) is 12.4 Å². The Hall–Kier alpha value is -0.940. The predicted molar refractivity (Wildman–Crippen MR) is 49.0 cm³/mol. The molecule has 1 rings (SSSR count). The van der Waals surface area contributed by atoms with Crippen molar-refractivity contribution in [1.82, 2.24) is 14.8 Å². The van der Waals surface area contributed by atoms with Gasteiger partial charge in [-0.15, -0.1) is 0 Å². The van der Waals surface area contributed by atoms with Crippen molar-refractivity contribution < 1.29 is 4.74 Å². The zero-order valence-electron chi connectivity index (χ0n) is 7.94. The molecule has 1 aromatic rings. The molecule has 0 saturated heterocycles. The first kappa shape index (κ1) is 10.1. The second-order valence-electron chi connectivity index (χ2n) is 2.83. The third kappa shape index (κ3) is 3.52. The van der Waals surface area contributed by atoms with Crippen molar-refractivity contribution in [1.29, 1.82) is 0 Å². The highest BCUT2D eigenvalue weighted by molar-refractivity contribution is 4.78. The van der Waals surface area contributed by atoms with Gasteiger partial charge in [0.1, 0.15) is 6.33 Å². The van der Waals surface area contributed by atoms with E-state index in [4.69, 9.17) is 10.5 Å². The molecule has 0 radical (unpaired) electrons. The number of aryl methyl sites for hydroxylation is 1. The van der Waals surface area contributed by atoms with Crippen molar-refractivity contribution in [2.45, 2.75) is 25.9 Å². The molecule has 2 N–H and O–H groups in total. The average molecular weight is 184 g/mol. The molecule has 0 unspecified atom stereocenters. The molecule has 0 bridgehead atoms. The highest BCUT2D eigenvalue weighted by atomic mass is 16.5. The Morgan fingerprint density at radius 1 is 1.54 bits per heavy atom. The van der Waals surface area contributed by atoms with Crippen molar-refractivity contribution in [3.63, 3.8) is 0 Å². The summed E-state index contributed by atoms with van der Waals surface area (Å²) in [6.07, 6.45) is 3.82. The Bertz CT molecular complexity index is 236. The molecule has 0 fully saturated rings. The van der Waals surface area contributed by atoms with E-state index >= 15 is 0 Å². The number of ether oxygens (including phenoxy) is 1. The maximum atomic E-state index is 5.38. The van der Waals surface area contributed by atoms with Crippen LogP contribution in [0.2, 0.25) is 0 Å². The molecule has 0 saturated carbocycles. The molecule has 5 nitrogen and oxygen atoms in total. The zero-order chi connectivity index (χ0) is 9.52. The summed E-state index contributed by atoms with van der Waals surface area (Å²) in [5, 5.41) is 4.17. The fourth-order valence-electron chi connectivity index (χ4n) is 1.05. The van der Waals surface area contributed by atoms with Gasteiger partial charge in [-0.1, -0.05) is 0 Å². The minimum Gasteiger partial charge on any atom is -0.385 e. The van der Waals surface area contributed by atoms with Gasteiger partial charge in [0.05, 0.1) is 6.54 Å². The summed E-state index contributed by atoms with van der Waals surface area (Å²) in [6.45, 7) is 2.10. The normalized spacial score (nSPS) is 10.6. The highest BCUT2D eigenvalue weighted by Gasteiger charge is 1.97. The molecule has 0 spiro atoms. The Labute approximate surface area is 77.9 Å². The van der Waals surface area contributed by atoms with Gasteiger partial charge >= 0.3 is 0 Å². The van der Waals surface area contributed by atoms with Gasteiger partial charge in [0.2, 0.25) is 0 Å². The summed E-state index contributed by atoms with van der Waals surface area (Å²) in [5.41, 5.74) is 5.38. The van der Waals surface area contributed by atoms with E-state index in [-0.39, 0.29) is 0 Å². The van der Waals surface area contributed by atoms with Gasteiger partial charge in [-0.3, -0.25) is 4.68 Å². The van der Waals surface area contributed by atoms with Gasteiger partial charge < -0.3 is 10.5 Å². The summed E-state index contributed by atoms with van der Waals surface area (Å²) < 4.78 is 6.76. The molecule has 1 heterocycles. The van der Waals surface area contributed by atoms with Gasteiger partial charge in [0.15, 0.2) is 5.82 Å². The van der Waals surface area contributed by atoms with E-state index < -0.39 is 0 Å². The smallest absolute Gasteiger partial charge is 0.164 e. The van der Waals surface area contributed by atoms with E-state index in [0.717, 1.165) is 26.0 Å². The van der Waals surface area contributed by atoms with Crippen LogP contribution < -0.4 is 5.73 Å². The van der Waals surface area contributed by atoms with Crippen LogP contribution in [0, 0.1) is 0 Å². The van der Waals surface area contributed by atoms with Crippen molar-refractivity contribution in [3.8, 4) is 0 Å². The van der Waals surface area contributed by atoms with Crippen LogP contribution in [-0.4, -0.2) is 28.5 Å². The van der Waals surface area contributed by atoms with Crippen LogP contribution >= 0.6 is 0 Å². The number of rotatable bonds is 6.